The topological polar surface area (TPSA) is 35.8 Å². The molecular weight excluding hydrogens is 343 g/mol. The molecule has 1 unspecified atom stereocenters. The van der Waals surface area contributed by atoms with Crippen LogP contribution in [0.1, 0.15) is 12.5 Å². The number of rotatable bonds is 3. The zero-order valence-electron chi connectivity index (χ0n) is 10.6. The summed E-state index contributed by atoms with van der Waals surface area (Å²) in [5, 5.41) is 13.1. The lowest BCUT2D eigenvalue weighted by Gasteiger charge is -2.25. The highest BCUT2D eigenvalue weighted by atomic mass is 79.9. The number of halogens is 3. The van der Waals surface area contributed by atoms with E-state index in [-0.39, 0.29) is 5.56 Å². The van der Waals surface area contributed by atoms with Crippen molar-refractivity contribution < 1.29 is 4.39 Å². The maximum absolute atomic E-state index is 14.0. The molecule has 0 radical (unpaired) electrons. The van der Waals surface area contributed by atoms with Crippen LogP contribution in [0.4, 0.5) is 10.1 Å². The fourth-order valence-corrected chi connectivity index (χ4v) is 2.35. The van der Waals surface area contributed by atoms with Gasteiger partial charge in [-0.3, -0.25) is 0 Å². The summed E-state index contributed by atoms with van der Waals surface area (Å²) in [6.07, 6.45) is 0. The van der Waals surface area contributed by atoms with Crippen molar-refractivity contribution in [1.29, 1.82) is 5.26 Å². The number of nitriles is 1. The minimum absolute atomic E-state index is 0.282. The molecule has 0 amide bonds. The van der Waals surface area contributed by atoms with Crippen LogP contribution in [0.15, 0.2) is 46.9 Å². The summed E-state index contributed by atoms with van der Waals surface area (Å²) in [6, 6.07) is 13.5. The Morgan fingerprint density at radius 3 is 2.50 bits per heavy atom. The average molecular weight is 354 g/mol. The zero-order chi connectivity index (χ0) is 14.8. The van der Waals surface area contributed by atoms with E-state index in [1.54, 1.807) is 43.3 Å². The molecular formula is C15H11BrClFN2. The van der Waals surface area contributed by atoms with Gasteiger partial charge < -0.3 is 5.32 Å². The van der Waals surface area contributed by atoms with Crippen molar-refractivity contribution in [1.82, 2.24) is 0 Å². The average Bonchev–Trinajstić information content (AvgIpc) is 2.44. The fourth-order valence-electron chi connectivity index (χ4n) is 1.86. The van der Waals surface area contributed by atoms with Gasteiger partial charge in [0.25, 0.3) is 0 Å². The van der Waals surface area contributed by atoms with E-state index in [4.69, 9.17) is 11.6 Å². The summed E-state index contributed by atoms with van der Waals surface area (Å²) in [6.45, 7) is 1.63. The van der Waals surface area contributed by atoms with Gasteiger partial charge in [0, 0.05) is 20.7 Å². The van der Waals surface area contributed by atoms with Crippen molar-refractivity contribution in [2.45, 2.75) is 12.5 Å². The third-order valence-electron chi connectivity index (χ3n) is 2.93. The summed E-state index contributed by atoms with van der Waals surface area (Å²) in [4.78, 5) is 0. The van der Waals surface area contributed by atoms with Gasteiger partial charge in [0.2, 0.25) is 0 Å². The molecule has 0 spiro atoms. The van der Waals surface area contributed by atoms with E-state index in [0.717, 1.165) is 0 Å². The molecule has 0 fully saturated rings. The van der Waals surface area contributed by atoms with Gasteiger partial charge in [-0.25, -0.2) is 4.39 Å². The molecule has 102 valence electrons. The van der Waals surface area contributed by atoms with E-state index in [2.05, 4.69) is 27.3 Å². The van der Waals surface area contributed by atoms with E-state index in [0.29, 0.717) is 15.2 Å². The molecule has 2 aromatic rings. The first-order chi connectivity index (χ1) is 9.44. The minimum atomic E-state index is -1.18. The number of nitrogens with one attached hydrogen (secondary N) is 1. The number of anilines is 1. The molecule has 0 aliphatic rings. The summed E-state index contributed by atoms with van der Waals surface area (Å²) < 4.78 is 14.7. The van der Waals surface area contributed by atoms with Crippen LogP contribution < -0.4 is 5.32 Å². The molecule has 2 rings (SSSR count). The quantitative estimate of drug-likeness (QED) is 0.834. The molecule has 20 heavy (non-hydrogen) atoms. The number of hydrogen-bond donors (Lipinski definition) is 1. The Balaban J connectivity index is 2.41. The Hall–Kier alpha value is -1.57. The van der Waals surface area contributed by atoms with Gasteiger partial charge in [-0.1, -0.05) is 27.5 Å². The van der Waals surface area contributed by atoms with Crippen LogP contribution in [0.2, 0.25) is 5.02 Å². The Labute approximate surface area is 130 Å². The minimum Gasteiger partial charge on any atom is -0.364 e. The van der Waals surface area contributed by atoms with E-state index < -0.39 is 11.4 Å². The standard InChI is InChI=1S/C15H11BrClFN2/c1-15(9-19,13-8-10(16)2-7-14(13)18)20-12-5-3-11(17)4-6-12/h2-8,20H,1H3. The molecule has 0 saturated heterocycles. The summed E-state index contributed by atoms with van der Waals surface area (Å²) >= 11 is 9.11. The van der Waals surface area contributed by atoms with Crippen molar-refractivity contribution in [2.24, 2.45) is 0 Å². The molecule has 0 aliphatic carbocycles. The van der Waals surface area contributed by atoms with Crippen molar-refractivity contribution in [3.63, 3.8) is 0 Å². The maximum Gasteiger partial charge on any atom is 0.151 e. The second-order valence-electron chi connectivity index (χ2n) is 4.49. The van der Waals surface area contributed by atoms with Crippen LogP contribution in [-0.4, -0.2) is 0 Å². The predicted octanol–water partition coefficient (Wildman–Crippen LogP) is 5.09. The summed E-state index contributed by atoms with van der Waals surface area (Å²) in [7, 11) is 0. The Bertz CT molecular complexity index is 667. The first-order valence-electron chi connectivity index (χ1n) is 5.85. The molecule has 0 bridgehead atoms. The number of nitrogens with zero attached hydrogens (tertiary/aromatic N) is 1. The van der Waals surface area contributed by atoms with Gasteiger partial charge in [-0.15, -0.1) is 0 Å². The van der Waals surface area contributed by atoms with Crippen LogP contribution in [0.3, 0.4) is 0 Å². The third kappa shape index (κ3) is 3.12. The molecule has 0 aromatic heterocycles. The first-order valence-corrected chi connectivity index (χ1v) is 7.02. The third-order valence-corrected chi connectivity index (χ3v) is 3.67. The lowest BCUT2D eigenvalue weighted by Crippen LogP contribution is -2.31. The van der Waals surface area contributed by atoms with Crippen LogP contribution in [0.5, 0.6) is 0 Å². The van der Waals surface area contributed by atoms with Gasteiger partial charge in [-0.05, 0) is 49.4 Å². The van der Waals surface area contributed by atoms with E-state index >= 15 is 0 Å². The zero-order valence-corrected chi connectivity index (χ0v) is 13.0. The second kappa shape index (κ2) is 5.82. The maximum atomic E-state index is 14.0. The molecule has 1 N–H and O–H groups in total. The lowest BCUT2D eigenvalue weighted by molar-refractivity contribution is 0.570. The number of hydrogen-bond acceptors (Lipinski definition) is 2. The van der Waals surface area contributed by atoms with E-state index in [1.165, 1.54) is 6.07 Å². The number of benzene rings is 2. The molecule has 0 saturated carbocycles. The molecule has 5 heteroatoms. The van der Waals surface area contributed by atoms with Crippen LogP contribution in [-0.2, 0) is 5.54 Å². The monoisotopic (exact) mass is 352 g/mol. The van der Waals surface area contributed by atoms with E-state index in [1.807, 2.05) is 0 Å². The molecule has 0 aliphatic heterocycles. The van der Waals surface area contributed by atoms with Crippen molar-refractivity contribution in [3.05, 3.63) is 63.3 Å². The first kappa shape index (κ1) is 14.8. The van der Waals surface area contributed by atoms with Crippen LogP contribution >= 0.6 is 27.5 Å². The largest absolute Gasteiger partial charge is 0.364 e. The van der Waals surface area contributed by atoms with E-state index in [9.17, 15) is 9.65 Å². The highest BCUT2D eigenvalue weighted by Crippen LogP contribution is 2.30. The smallest absolute Gasteiger partial charge is 0.151 e. The normalized spacial score (nSPS) is 13.3. The highest BCUT2D eigenvalue weighted by Gasteiger charge is 2.29. The highest BCUT2D eigenvalue weighted by molar-refractivity contribution is 9.10. The van der Waals surface area contributed by atoms with Crippen molar-refractivity contribution >= 4 is 33.2 Å². The van der Waals surface area contributed by atoms with Crippen molar-refractivity contribution in [3.8, 4) is 6.07 Å². The van der Waals surface area contributed by atoms with Gasteiger partial charge in [0.1, 0.15) is 5.82 Å². The summed E-state index contributed by atoms with van der Waals surface area (Å²) in [5.41, 5.74) is -0.205. The Kier molecular flexibility index (Phi) is 4.32. The lowest BCUT2D eigenvalue weighted by atomic mass is 9.92. The Morgan fingerprint density at radius 2 is 1.90 bits per heavy atom. The Morgan fingerprint density at radius 1 is 1.25 bits per heavy atom. The van der Waals surface area contributed by atoms with Crippen LogP contribution in [0, 0.1) is 17.1 Å². The molecule has 2 nitrogen and oxygen atoms in total. The molecule has 1 atom stereocenters. The van der Waals surface area contributed by atoms with Crippen LogP contribution in [0.25, 0.3) is 0 Å². The van der Waals surface area contributed by atoms with Gasteiger partial charge in [-0.2, -0.15) is 5.26 Å². The fraction of sp³-hybridized carbons (Fsp3) is 0.133. The van der Waals surface area contributed by atoms with Gasteiger partial charge in [0.15, 0.2) is 5.54 Å². The molecule has 0 heterocycles. The van der Waals surface area contributed by atoms with Gasteiger partial charge in [0.05, 0.1) is 6.07 Å². The second-order valence-corrected chi connectivity index (χ2v) is 5.84. The summed E-state index contributed by atoms with van der Waals surface area (Å²) in [5.74, 6) is -0.432. The van der Waals surface area contributed by atoms with Gasteiger partial charge >= 0.3 is 0 Å². The van der Waals surface area contributed by atoms with Crippen molar-refractivity contribution in [2.75, 3.05) is 5.32 Å². The SMILES string of the molecule is CC(C#N)(Nc1ccc(Cl)cc1)c1cc(Br)ccc1F. The molecule has 2 aromatic carbocycles. The predicted molar refractivity (Wildman–Crippen MR) is 82.1 cm³/mol.